The van der Waals surface area contributed by atoms with Crippen molar-refractivity contribution < 1.29 is 0 Å². The van der Waals surface area contributed by atoms with E-state index in [-0.39, 0.29) is 0 Å². The molecule has 1 aliphatic carbocycles. The van der Waals surface area contributed by atoms with Crippen molar-refractivity contribution in [1.29, 1.82) is 0 Å². The maximum Gasteiger partial charge on any atom is 0.185 e. The summed E-state index contributed by atoms with van der Waals surface area (Å²) in [5.41, 5.74) is 1.27. The molecule has 1 aromatic heterocycles. The molecular formula is C16H29N3S. The zero-order chi connectivity index (χ0) is 14.5. The lowest BCUT2D eigenvalue weighted by Crippen LogP contribution is -2.23. The topological polar surface area (TPSA) is 28.2 Å². The van der Waals surface area contributed by atoms with Crippen LogP contribution in [0.15, 0.2) is 0 Å². The first kappa shape index (κ1) is 15.8. The van der Waals surface area contributed by atoms with E-state index in [4.69, 9.17) is 4.98 Å². The molecule has 0 bridgehead atoms. The van der Waals surface area contributed by atoms with Gasteiger partial charge in [-0.25, -0.2) is 4.98 Å². The maximum atomic E-state index is 4.85. The molecule has 2 rings (SSSR count). The molecule has 0 aliphatic heterocycles. The molecule has 1 aromatic rings. The Bertz CT molecular complexity index is 408. The first-order valence-electron chi connectivity index (χ1n) is 8.03. The Labute approximate surface area is 127 Å². The molecule has 3 nitrogen and oxygen atoms in total. The number of hydrogen-bond acceptors (Lipinski definition) is 4. The average molecular weight is 295 g/mol. The van der Waals surface area contributed by atoms with Gasteiger partial charge in [0.1, 0.15) is 0 Å². The van der Waals surface area contributed by atoms with Gasteiger partial charge >= 0.3 is 0 Å². The normalized spacial score (nSPS) is 16.2. The van der Waals surface area contributed by atoms with Crippen LogP contribution in [0.2, 0.25) is 0 Å². The third-order valence-electron chi connectivity index (χ3n) is 4.11. The van der Waals surface area contributed by atoms with Crippen LogP contribution in [0.25, 0.3) is 0 Å². The van der Waals surface area contributed by atoms with E-state index in [0.717, 1.165) is 18.9 Å². The van der Waals surface area contributed by atoms with E-state index < -0.39 is 0 Å². The van der Waals surface area contributed by atoms with E-state index in [9.17, 15) is 0 Å². The minimum absolute atomic E-state index is 0.529. The summed E-state index contributed by atoms with van der Waals surface area (Å²) in [5, 5.41) is 4.72. The fourth-order valence-corrected chi connectivity index (χ4v) is 3.97. The Morgan fingerprint density at radius 1 is 1.35 bits per heavy atom. The van der Waals surface area contributed by atoms with E-state index >= 15 is 0 Å². The number of nitrogens with zero attached hydrogens (tertiary/aromatic N) is 2. The van der Waals surface area contributed by atoms with Crippen LogP contribution in [-0.2, 0) is 13.0 Å². The SMILES string of the molecule is CCc1nc(N(C)CC2CCCC2)sc1CNC(C)C. The van der Waals surface area contributed by atoms with E-state index in [1.165, 1.54) is 47.9 Å². The van der Waals surface area contributed by atoms with E-state index in [1.807, 2.05) is 11.3 Å². The highest BCUT2D eigenvalue weighted by Crippen LogP contribution is 2.30. The van der Waals surface area contributed by atoms with E-state index in [2.05, 4.69) is 38.0 Å². The van der Waals surface area contributed by atoms with Crippen molar-refractivity contribution in [3.8, 4) is 0 Å². The van der Waals surface area contributed by atoms with Gasteiger partial charge in [-0.15, -0.1) is 11.3 Å². The maximum absolute atomic E-state index is 4.85. The number of anilines is 1. The monoisotopic (exact) mass is 295 g/mol. The van der Waals surface area contributed by atoms with Gasteiger partial charge in [0.15, 0.2) is 5.13 Å². The summed E-state index contributed by atoms with van der Waals surface area (Å²) in [6, 6.07) is 0.529. The molecule has 0 radical (unpaired) electrons. The van der Waals surface area contributed by atoms with Gasteiger partial charge in [-0.05, 0) is 25.2 Å². The molecule has 0 aromatic carbocycles. The van der Waals surface area contributed by atoms with Crippen LogP contribution in [0.4, 0.5) is 5.13 Å². The standard InChI is InChI=1S/C16H29N3S/c1-5-14-15(10-17-12(2)3)20-16(18-14)19(4)11-13-8-6-7-9-13/h12-13,17H,5-11H2,1-4H3. The Morgan fingerprint density at radius 2 is 2.05 bits per heavy atom. The van der Waals surface area contributed by atoms with Gasteiger partial charge in [0.2, 0.25) is 0 Å². The summed E-state index contributed by atoms with van der Waals surface area (Å²) in [5.74, 6) is 0.881. The van der Waals surface area contributed by atoms with Crippen molar-refractivity contribution in [2.75, 3.05) is 18.5 Å². The lowest BCUT2D eigenvalue weighted by molar-refractivity contribution is 0.546. The molecule has 0 spiro atoms. The van der Waals surface area contributed by atoms with Crippen molar-refractivity contribution in [2.24, 2.45) is 5.92 Å². The molecule has 0 atom stereocenters. The molecular weight excluding hydrogens is 266 g/mol. The molecule has 1 saturated carbocycles. The largest absolute Gasteiger partial charge is 0.351 e. The Hall–Kier alpha value is -0.610. The van der Waals surface area contributed by atoms with Crippen LogP contribution in [0.1, 0.15) is 57.0 Å². The van der Waals surface area contributed by atoms with Gasteiger partial charge in [-0.2, -0.15) is 0 Å². The number of aryl methyl sites for hydroxylation is 1. The summed E-state index contributed by atoms with van der Waals surface area (Å²) in [4.78, 5) is 8.64. The van der Waals surface area contributed by atoms with Gasteiger partial charge in [0.05, 0.1) is 5.69 Å². The number of thiazole rings is 1. The van der Waals surface area contributed by atoms with Crippen molar-refractivity contribution in [3.05, 3.63) is 10.6 Å². The highest BCUT2D eigenvalue weighted by Gasteiger charge is 2.19. The molecule has 114 valence electrons. The highest BCUT2D eigenvalue weighted by molar-refractivity contribution is 7.15. The van der Waals surface area contributed by atoms with Crippen LogP contribution in [-0.4, -0.2) is 24.6 Å². The number of rotatable bonds is 7. The molecule has 0 saturated heterocycles. The van der Waals surface area contributed by atoms with Gasteiger partial charge in [0, 0.05) is 31.1 Å². The summed E-state index contributed by atoms with van der Waals surface area (Å²) >= 11 is 1.87. The summed E-state index contributed by atoms with van der Waals surface area (Å²) in [7, 11) is 2.20. The number of aromatic nitrogens is 1. The molecule has 0 amide bonds. The Balaban J connectivity index is 1.99. The molecule has 1 heterocycles. The summed E-state index contributed by atoms with van der Waals surface area (Å²) < 4.78 is 0. The van der Waals surface area contributed by atoms with E-state index in [1.54, 1.807) is 0 Å². The third kappa shape index (κ3) is 4.19. The molecule has 1 N–H and O–H groups in total. The molecule has 1 fully saturated rings. The zero-order valence-electron chi connectivity index (χ0n) is 13.4. The fraction of sp³-hybridized carbons (Fsp3) is 0.812. The lowest BCUT2D eigenvalue weighted by atomic mass is 10.1. The number of nitrogens with one attached hydrogen (secondary N) is 1. The molecule has 4 heteroatoms. The zero-order valence-corrected chi connectivity index (χ0v) is 14.2. The quantitative estimate of drug-likeness (QED) is 0.828. The average Bonchev–Trinajstić information content (AvgIpc) is 3.04. The second-order valence-electron chi connectivity index (χ2n) is 6.29. The van der Waals surface area contributed by atoms with Gasteiger partial charge < -0.3 is 10.2 Å². The molecule has 20 heavy (non-hydrogen) atoms. The van der Waals surface area contributed by atoms with Crippen LogP contribution in [0.5, 0.6) is 0 Å². The lowest BCUT2D eigenvalue weighted by Gasteiger charge is -2.19. The van der Waals surface area contributed by atoms with Crippen molar-refractivity contribution in [2.45, 2.75) is 65.5 Å². The minimum atomic E-state index is 0.529. The summed E-state index contributed by atoms with van der Waals surface area (Å²) in [6.07, 6.45) is 6.67. The third-order valence-corrected chi connectivity index (χ3v) is 5.32. The number of hydrogen-bond donors (Lipinski definition) is 1. The predicted molar refractivity (Wildman–Crippen MR) is 88.7 cm³/mol. The van der Waals surface area contributed by atoms with Gasteiger partial charge in [-0.3, -0.25) is 0 Å². The van der Waals surface area contributed by atoms with Gasteiger partial charge in [0.25, 0.3) is 0 Å². The van der Waals surface area contributed by atoms with Crippen molar-refractivity contribution >= 4 is 16.5 Å². The first-order chi connectivity index (χ1) is 9.60. The van der Waals surface area contributed by atoms with Crippen molar-refractivity contribution in [3.63, 3.8) is 0 Å². The van der Waals surface area contributed by atoms with E-state index in [0.29, 0.717) is 6.04 Å². The second kappa shape index (κ2) is 7.41. The smallest absolute Gasteiger partial charge is 0.185 e. The van der Waals surface area contributed by atoms with Crippen molar-refractivity contribution in [1.82, 2.24) is 10.3 Å². The highest BCUT2D eigenvalue weighted by atomic mass is 32.1. The molecule has 0 unspecified atom stereocenters. The van der Waals surface area contributed by atoms with Gasteiger partial charge in [-0.1, -0.05) is 33.6 Å². The fourth-order valence-electron chi connectivity index (χ4n) is 2.90. The first-order valence-corrected chi connectivity index (χ1v) is 8.84. The van der Waals surface area contributed by atoms with Crippen LogP contribution in [0.3, 0.4) is 0 Å². The predicted octanol–water partition coefficient (Wildman–Crippen LogP) is 3.83. The molecule has 1 aliphatic rings. The Kier molecular flexibility index (Phi) is 5.85. The summed E-state index contributed by atoms with van der Waals surface area (Å²) in [6.45, 7) is 8.72. The minimum Gasteiger partial charge on any atom is -0.351 e. The van der Waals surface area contributed by atoms with Crippen LogP contribution >= 0.6 is 11.3 Å². The van der Waals surface area contributed by atoms with Crippen LogP contribution < -0.4 is 10.2 Å². The van der Waals surface area contributed by atoms with Crippen LogP contribution in [0, 0.1) is 5.92 Å². The Morgan fingerprint density at radius 3 is 2.65 bits per heavy atom. The second-order valence-corrected chi connectivity index (χ2v) is 7.35.